The highest BCUT2D eigenvalue weighted by molar-refractivity contribution is 5.98. The lowest BCUT2D eigenvalue weighted by molar-refractivity contribution is 0.446. The number of hydrogen-bond donors (Lipinski definition) is 1. The van der Waals surface area contributed by atoms with Crippen molar-refractivity contribution >= 4 is 11.0 Å². The lowest BCUT2D eigenvalue weighted by Gasteiger charge is -2.27. The number of benzene rings is 6. The maximum absolute atomic E-state index is 12.2. The van der Waals surface area contributed by atoms with Crippen molar-refractivity contribution < 1.29 is 5.11 Å². The number of phenols is 1. The number of phenolic OH excluding ortho intramolecular Hbond substituents is 1. The third kappa shape index (κ3) is 6.65. The Morgan fingerprint density at radius 2 is 1.21 bits per heavy atom. The Hall–Kier alpha value is -6.77. The van der Waals surface area contributed by atoms with Crippen molar-refractivity contribution in [1.29, 1.82) is 5.26 Å². The Labute approximate surface area is 329 Å². The van der Waals surface area contributed by atoms with E-state index in [-0.39, 0.29) is 16.6 Å². The SMILES string of the molecule is CC(C)(C)c1cc(-c2nc3c(-c4cc(-c5ccccc5)cc(-c5nccc(C#N)c5-c5ccccc5)c4)cccc3n2-c2ccccc2)c(O)c(C(C)(C)C)c1. The van der Waals surface area contributed by atoms with Crippen LogP contribution in [-0.2, 0) is 10.8 Å². The van der Waals surface area contributed by atoms with Gasteiger partial charge < -0.3 is 5.11 Å². The summed E-state index contributed by atoms with van der Waals surface area (Å²) in [5, 5.41) is 22.4. The first kappa shape index (κ1) is 36.2. The van der Waals surface area contributed by atoms with Gasteiger partial charge >= 0.3 is 0 Å². The van der Waals surface area contributed by atoms with Crippen LogP contribution < -0.4 is 0 Å². The van der Waals surface area contributed by atoms with E-state index in [1.165, 1.54) is 0 Å². The van der Waals surface area contributed by atoms with Gasteiger partial charge in [-0.1, -0.05) is 139 Å². The average Bonchev–Trinajstić information content (AvgIpc) is 3.60. The van der Waals surface area contributed by atoms with Crippen molar-refractivity contribution in [3.8, 4) is 73.5 Å². The largest absolute Gasteiger partial charge is 0.507 e. The molecule has 1 N–H and O–H groups in total. The van der Waals surface area contributed by atoms with Crippen LogP contribution in [0.5, 0.6) is 5.75 Å². The molecule has 8 aromatic rings. The number of nitrogens with zero attached hydrogens (tertiary/aromatic N) is 4. The van der Waals surface area contributed by atoms with E-state index in [9.17, 15) is 10.4 Å². The van der Waals surface area contributed by atoms with Crippen LogP contribution in [0.3, 0.4) is 0 Å². The van der Waals surface area contributed by atoms with Crippen LogP contribution in [0, 0.1) is 11.3 Å². The Kier molecular flexibility index (Phi) is 9.14. The monoisotopic (exact) mass is 728 g/mol. The number of aromatic nitrogens is 3. The molecule has 6 aromatic carbocycles. The minimum Gasteiger partial charge on any atom is -0.507 e. The molecule has 2 heterocycles. The van der Waals surface area contributed by atoms with E-state index in [1.54, 1.807) is 12.3 Å². The first-order valence-electron chi connectivity index (χ1n) is 19.0. The summed E-state index contributed by atoms with van der Waals surface area (Å²) in [6.45, 7) is 13.0. The highest BCUT2D eigenvalue weighted by atomic mass is 16.3. The lowest BCUT2D eigenvalue weighted by Crippen LogP contribution is -2.17. The summed E-state index contributed by atoms with van der Waals surface area (Å²) in [7, 11) is 0. The summed E-state index contributed by atoms with van der Waals surface area (Å²) in [6.07, 6.45) is 1.72. The molecule has 5 heteroatoms. The van der Waals surface area contributed by atoms with E-state index in [4.69, 9.17) is 9.97 Å². The van der Waals surface area contributed by atoms with Crippen molar-refractivity contribution in [2.24, 2.45) is 0 Å². The lowest BCUT2D eigenvalue weighted by atomic mass is 9.79. The second-order valence-electron chi connectivity index (χ2n) is 16.4. The number of nitriles is 1. The van der Waals surface area contributed by atoms with Gasteiger partial charge in [-0.2, -0.15) is 5.26 Å². The molecule has 0 atom stereocenters. The maximum atomic E-state index is 12.2. The number of para-hydroxylation sites is 2. The molecule has 0 radical (unpaired) electrons. The van der Waals surface area contributed by atoms with Crippen LogP contribution in [0.4, 0.5) is 0 Å². The van der Waals surface area contributed by atoms with Crippen LogP contribution in [0.25, 0.3) is 72.7 Å². The van der Waals surface area contributed by atoms with Gasteiger partial charge in [0.05, 0.1) is 33.9 Å². The molecule has 0 unspecified atom stereocenters. The summed E-state index contributed by atoms with van der Waals surface area (Å²) < 4.78 is 2.17. The standard InChI is InChI=1S/C51H44N4O/c1-50(2,3)39-30-42(48(56)43(31-39)51(4,5)6)49-54-47-41(23-16-24-44(47)55(49)40-21-14-9-15-22-40)37-27-36(33-17-10-7-11-18-33)28-38(29-37)46-45(34-19-12-8-13-20-34)35(32-52)25-26-53-46/h7-31,56H,1-6H3. The van der Waals surface area contributed by atoms with Gasteiger partial charge in [-0.15, -0.1) is 0 Å². The van der Waals surface area contributed by atoms with Crippen LogP contribution in [-0.4, -0.2) is 19.6 Å². The Balaban J connectivity index is 1.44. The fourth-order valence-corrected chi connectivity index (χ4v) is 7.55. The summed E-state index contributed by atoms with van der Waals surface area (Å²) in [4.78, 5) is 10.4. The topological polar surface area (TPSA) is 74.7 Å². The highest BCUT2D eigenvalue weighted by Gasteiger charge is 2.29. The van der Waals surface area contributed by atoms with Crippen LogP contribution >= 0.6 is 0 Å². The fraction of sp³-hybridized carbons (Fsp3) is 0.157. The molecule has 0 aliphatic carbocycles. The molecule has 0 aliphatic heterocycles. The van der Waals surface area contributed by atoms with Gasteiger partial charge in [0.15, 0.2) is 0 Å². The van der Waals surface area contributed by atoms with Crippen molar-refractivity contribution in [1.82, 2.24) is 14.5 Å². The zero-order valence-corrected chi connectivity index (χ0v) is 32.7. The molecule has 274 valence electrons. The predicted octanol–water partition coefficient (Wildman–Crippen LogP) is 12.9. The third-order valence-electron chi connectivity index (χ3n) is 10.5. The first-order chi connectivity index (χ1) is 26.9. The Bertz CT molecular complexity index is 2760. The molecule has 0 aliphatic rings. The second-order valence-corrected chi connectivity index (χ2v) is 16.4. The molecule has 2 aromatic heterocycles. The molecule has 0 spiro atoms. The molecule has 8 rings (SSSR count). The van der Waals surface area contributed by atoms with Crippen LogP contribution in [0.1, 0.15) is 58.2 Å². The van der Waals surface area contributed by atoms with Crippen LogP contribution in [0.15, 0.2) is 152 Å². The normalized spacial score (nSPS) is 11.8. The zero-order valence-electron chi connectivity index (χ0n) is 32.7. The number of imidazole rings is 1. The van der Waals surface area contributed by atoms with Gasteiger partial charge in [-0.3, -0.25) is 9.55 Å². The summed E-state index contributed by atoms with van der Waals surface area (Å²) >= 11 is 0. The molecular formula is C51H44N4O. The first-order valence-corrected chi connectivity index (χ1v) is 19.0. The summed E-state index contributed by atoms with van der Waals surface area (Å²) in [5.74, 6) is 0.909. The number of hydrogen-bond acceptors (Lipinski definition) is 4. The molecule has 0 fully saturated rings. The quantitative estimate of drug-likeness (QED) is 0.185. The fourth-order valence-electron chi connectivity index (χ4n) is 7.55. The van der Waals surface area contributed by atoms with E-state index < -0.39 is 0 Å². The van der Waals surface area contributed by atoms with E-state index in [0.29, 0.717) is 17.0 Å². The Morgan fingerprint density at radius 3 is 1.86 bits per heavy atom. The van der Waals surface area contributed by atoms with Gasteiger partial charge in [-0.25, -0.2) is 4.98 Å². The number of fused-ring (bicyclic) bond motifs is 1. The Morgan fingerprint density at radius 1 is 0.589 bits per heavy atom. The van der Waals surface area contributed by atoms with E-state index >= 15 is 0 Å². The van der Waals surface area contributed by atoms with Gasteiger partial charge in [0.2, 0.25) is 0 Å². The minimum atomic E-state index is -0.307. The molecule has 0 amide bonds. The second kappa shape index (κ2) is 14.1. The summed E-state index contributed by atoms with van der Waals surface area (Å²) in [6, 6.07) is 51.9. The van der Waals surface area contributed by atoms with Crippen LogP contribution in [0.2, 0.25) is 0 Å². The third-order valence-corrected chi connectivity index (χ3v) is 10.5. The van der Waals surface area contributed by atoms with Crippen molar-refractivity contribution in [2.75, 3.05) is 0 Å². The van der Waals surface area contributed by atoms with Gasteiger partial charge in [-0.05, 0) is 87.2 Å². The number of pyridine rings is 1. The van der Waals surface area contributed by atoms with E-state index in [2.05, 4.69) is 125 Å². The maximum Gasteiger partial charge on any atom is 0.149 e. The van der Waals surface area contributed by atoms with Gasteiger partial charge in [0, 0.05) is 34.1 Å². The molecule has 56 heavy (non-hydrogen) atoms. The van der Waals surface area contributed by atoms with Gasteiger partial charge in [0.1, 0.15) is 11.6 Å². The van der Waals surface area contributed by atoms with Crippen molar-refractivity contribution in [3.63, 3.8) is 0 Å². The van der Waals surface area contributed by atoms with Gasteiger partial charge in [0.25, 0.3) is 0 Å². The molecule has 0 bridgehead atoms. The minimum absolute atomic E-state index is 0.166. The number of rotatable bonds is 6. The molecule has 0 saturated heterocycles. The predicted molar refractivity (Wildman–Crippen MR) is 230 cm³/mol. The van der Waals surface area contributed by atoms with E-state index in [0.717, 1.165) is 72.5 Å². The highest BCUT2D eigenvalue weighted by Crippen LogP contribution is 2.45. The number of aromatic hydroxyl groups is 1. The zero-order chi connectivity index (χ0) is 39.2. The van der Waals surface area contributed by atoms with E-state index in [1.807, 2.05) is 66.7 Å². The summed E-state index contributed by atoms with van der Waals surface area (Å²) in [5.41, 5.74) is 12.8. The van der Waals surface area contributed by atoms with Crippen molar-refractivity contribution in [2.45, 2.75) is 52.4 Å². The van der Waals surface area contributed by atoms with Crippen molar-refractivity contribution in [3.05, 3.63) is 168 Å². The molecular weight excluding hydrogens is 685 g/mol. The smallest absolute Gasteiger partial charge is 0.149 e. The molecule has 5 nitrogen and oxygen atoms in total. The average molecular weight is 729 g/mol. The molecule has 0 saturated carbocycles.